The molecule has 0 aliphatic heterocycles. The van der Waals surface area contributed by atoms with Gasteiger partial charge in [-0.2, -0.15) is 0 Å². The summed E-state index contributed by atoms with van der Waals surface area (Å²) in [5, 5.41) is 20.4. The Morgan fingerprint density at radius 2 is 1.57 bits per heavy atom. The van der Waals surface area contributed by atoms with E-state index < -0.39 is 0 Å². The summed E-state index contributed by atoms with van der Waals surface area (Å²) in [6.45, 7) is 7.08. The van der Waals surface area contributed by atoms with Gasteiger partial charge in [0.1, 0.15) is 0 Å². The van der Waals surface area contributed by atoms with Crippen molar-refractivity contribution in [3.05, 3.63) is 0 Å². The lowest BCUT2D eigenvalue weighted by molar-refractivity contribution is -0.132. The smallest absolute Gasteiger partial charge is 0.0545 e. The van der Waals surface area contributed by atoms with Crippen molar-refractivity contribution in [2.75, 3.05) is 0 Å². The Labute approximate surface area is 142 Å². The van der Waals surface area contributed by atoms with Crippen LogP contribution >= 0.6 is 0 Å². The Morgan fingerprint density at radius 1 is 0.870 bits per heavy atom. The van der Waals surface area contributed by atoms with E-state index in [2.05, 4.69) is 13.8 Å². The first-order valence-corrected chi connectivity index (χ1v) is 10.2. The third-order valence-electron chi connectivity index (χ3n) is 9.29. The van der Waals surface area contributed by atoms with E-state index in [0.29, 0.717) is 16.7 Å². The first-order chi connectivity index (χ1) is 10.9. The maximum Gasteiger partial charge on any atom is 0.0545 e. The van der Waals surface area contributed by atoms with Crippen molar-refractivity contribution in [3.8, 4) is 0 Å². The van der Waals surface area contributed by atoms with Gasteiger partial charge < -0.3 is 10.2 Å². The molecular formula is C21H36O2. The summed E-state index contributed by atoms with van der Waals surface area (Å²) in [5.74, 6) is 3.87. The molecule has 0 bridgehead atoms. The molecule has 132 valence electrons. The van der Waals surface area contributed by atoms with Crippen LogP contribution in [0.15, 0.2) is 0 Å². The summed E-state index contributed by atoms with van der Waals surface area (Å²) in [6, 6.07) is 0. The lowest BCUT2D eigenvalue weighted by Gasteiger charge is -2.61. The molecule has 4 rings (SSSR count). The minimum absolute atomic E-state index is 0.0374. The summed E-state index contributed by atoms with van der Waals surface area (Å²) in [5.41, 5.74) is 0.860. The molecule has 0 radical (unpaired) electrons. The molecule has 2 heteroatoms. The van der Waals surface area contributed by atoms with Gasteiger partial charge in [0.15, 0.2) is 0 Å². The largest absolute Gasteiger partial charge is 0.393 e. The summed E-state index contributed by atoms with van der Waals surface area (Å²) in [7, 11) is 0. The maximum absolute atomic E-state index is 10.3. The van der Waals surface area contributed by atoms with Gasteiger partial charge in [-0.25, -0.2) is 0 Å². The standard InChI is InChI=1S/C21H36O2/c1-13(22)17-6-7-18-16-5-4-14-12-15(23)8-10-20(14,2)19(16)9-11-21(17,18)3/h13-19,22-23H,4-12H2,1-3H3/t13-,14+,15+,16-,17?,18-,19-,20-,21+/m1/s1. The normalized spacial score (nSPS) is 57.3. The van der Waals surface area contributed by atoms with Crippen LogP contribution in [-0.4, -0.2) is 22.4 Å². The molecule has 0 spiro atoms. The average molecular weight is 321 g/mol. The highest BCUT2D eigenvalue weighted by molar-refractivity contribution is 5.09. The number of fused-ring (bicyclic) bond motifs is 5. The molecule has 2 N–H and O–H groups in total. The fraction of sp³-hybridized carbons (Fsp3) is 1.00. The summed E-state index contributed by atoms with van der Waals surface area (Å²) < 4.78 is 0. The number of aliphatic hydroxyl groups excluding tert-OH is 2. The molecule has 0 aromatic rings. The zero-order valence-corrected chi connectivity index (χ0v) is 15.3. The van der Waals surface area contributed by atoms with Gasteiger partial charge in [0.2, 0.25) is 0 Å². The van der Waals surface area contributed by atoms with Gasteiger partial charge in [0.25, 0.3) is 0 Å². The number of rotatable bonds is 1. The zero-order valence-electron chi connectivity index (χ0n) is 15.3. The van der Waals surface area contributed by atoms with Gasteiger partial charge in [-0.3, -0.25) is 0 Å². The molecule has 2 nitrogen and oxygen atoms in total. The third-order valence-corrected chi connectivity index (χ3v) is 9.29. The van der Waals surface area contributed by atoms with Crippen LogP contribution in [0.3, 0.4) is 0 Å². The molecule has 1 unspecified atom stereocenters. The average Bonchev–Trinajstić information content (AvgIpc) is 2.85. The van der Waals surface area contributed by atoms with E-state index >= 15 is 0 Å². The number of hydrogen-bond donors (Lipinski definition) is 2. The zero-order chi connectivity index (χ0) is 16.4. The first-order valence-electron chi connectivity index (χ1n) is 10.2. The van der Waals surface area contributed by atoms with Gasteiger partial charge in [-0.1, -0.05) is 13.8 Å². The Kier molecular flexibility index (Phi) is 3.89. The van der Waals surface area contributed by atoms with Crippen molar-refractivity contribution in [1.82, 2.24) is 0 Å². The van der Waals surface area contributed by atoms with E-state index in [1.807, 2.05) is 6.92 Å². The molecule has 0 amide bonds. The van der Waals surface area contributed by atoms with E-state index in [-0.39, 0.29) is 12.2 Å². The predicted molar refractivity (Wildman–Crippen MR) is 92.9 cm³/mol. The van der Waals surface area contributed by atoms with Crippen LogP contribution in [0.2, 0.25) is 0 Å². The van der Waals surface area contributed by atoms with Crippen LogP contribution in [0.5, 0.6) is 0 Å². The molecule has 0 heterocycles. The lowest BCUT2D eigenvalue weighted by atomic mass is 9.44. The van der Waals surface area contributed by atoms with Gasteiger partial charge in [0.05, 0.1) is 12.2 Å². The second kappa shape index (κ2) is 5.46. The Balaban J connectivity index is 1.60. The minimum atomic E-state index is -0.140. The van der Waals surface area contributed by atoms with E-state index in [0.717, 1.165) is 36.5 Å². The van der Waals surface area contributed by atoms with E-state index in [1.165, 1.54) is 44.9 Å². The summed E-state index contributed by atoms with van der Waals surface area (Å²) in [4.78, 5) is 0. The highest BCUT2D eigenvalue weighted by Crippen LogP contribution is 2.67. The maximum atomic E-state index is 10.3. The summed E-state index contributed by atoms with van der Waals surface area (Å²) >= 11 is 0. The molecule has 4 aliphatic carbocycles. The van der Waals surface area contributed by atoms with Crippen LogP contribution < -0.4 is 0 Å². The SMILES string of the molecule is C[C@@H](O)C1CC[C@@H]2[C@H]3CC[C@H]4C[C@@H](O)CC[C@@]4(C)[C@@H]3CC[C@@]12C. The van der Waals surface area contributed by atoms with Gasteiger partial charge in [-0.15, -0.1) is 0 Å². The molecule has 4 aliphatic rings. The van der Waals surface area contributed by atoms with E-state index in [9.17, 15) is 10.2 Å². The van der Waals surface area contributed by atoms with Gasteiger partial charge >= 0.3 is 0 Å². The molecule has 9 atom stereocenters. The van der Waals surface area contributed by atoms with Crippen molar-refractivity contribution in [3.63, 3.8) is 0 Å². The third kappa shape index (κ3) is 2.27. The second-order valence-electron chi connectivity index (χ2n) is 10.1. The van der Waals surface area contributed by atoms with Crippen LogP contribution in [-0.2, 0) is 0 Å². The molecule has 23 heavy (non-hydrogen) atoms. The highest BCUT2D eigenvalue weighted by atomic mass is 16.3. The van der Waals surface area contributed by atoms with Crippen molar-refractivity contribution in [2.45, 2.75) is 90.8 Å². The molecule has 0 aromatic carbocycles. The van der Waals surface area contributed by atoms with E-state index in [1.54, 1.807) is 0 Å². The minimum Gasteiger partial charge on any atom is -0.393 e. The molecule has 4 fully saturated rings. The van der Waals surface area contributed by atoms with Crippen LogP contribution in [0.25, 0.3) is 0 Å². The van der Waals surface area contributed by atoms with Crippen LogP contribution in [0, 0.1) is 40.4 Å². The van der Waals surface area contributed by atoms with Gasteiger partial charge in [0, 0.05) is 0 Å². The number of aliphatic hydroxyl groups is 2. The fourth-order valence-corrected chi connectivity index (χ4v) is 8.07. The van der Waals surface area contributed by atoms with E-state index in [4.69, 9.17) is 0 Å². The molecular weight excluding hydrogens is 284 g/mol. The Morgan fingerprint density at radius 3 is 2.30 bits per heavy atom. The predicted octanol–water partition coefficient (Wildman–Crippen LogP) is 4.39. The highest BCUT2D eigenvalue weighted by Gasteiger charge is 2.60. The Hall–Kier alpha value is -0.0800. The monoisotopic (exact) mass is 320 g/mol. The van der Waals surface area contributed by atoms with Crippen molar-refractivity contribution in [1.29, 1.82) is 0 Å². The second-order valence-corrected chi connectivity index (χ2v) is 10.1. The van der Waals surface area contributed by atoms with Gasteiger partial charge in [-0.05, 0) is 105 Å². The fourth-order valence-electron chi connectivity index (χ4n) is 8.07. The number of hydrogen-bond acceptors (Lipinski definition) is 2. The molecule has 4 saturated carbocycles. The van der Waals surface area contributed by atoms with Crippen molar-refractivity contribution >= 4 is 0 Å². The molecule has 0 saturated heterocycles. The van der Waals surface area contributed by atoms with Crippen molar-refractivity contribution < 1.29 is 10.2 Å². The van der Waals surface area contributed by atoms with Crippen LogP contribution in [0.1, 0.15) is 78.6 Å². The quantitative estimate of drug-likeness (QED) is 0.752. The summed E-state index contributed by atoms with van der Waals surface area (Å²) in [6.07, 6.45) is 11.1. The van der Waals surface area contributed by atoms with Crippen LogP contribution in [0.4, 0.5) is 0 Å². The molecule has 0 aromatic heterocycles. The Bertz CT molecular complexity index is 461. The lowest BCUT2D eigenvalue weighted by Crippen LogP contribution is -2.54. The van der Waals surface area contributed by atoms with Crippen molar-refractivity contribution in [2.24, 2.45) is 40.4 Å². The first kappa shape index (κ1) is 16.4. The topological polar surface area (TPSA) is 40.5 Å².